The molecule has 0 spiro atoms. The van der Waals surface area contributed by atoms with Crippen molar-refractivity contribution in [1.82, 2.24) is 0 Å². The Labute approximate surface area is 299 Å². The number of esters is 1. The first-order valence-corrected chi connectivity index (χ1v) is 19.8. The molecule has 0 saturated carbocycles. The smallest absolute Gasteiger partial charge is 0.438 e. The topological polar surface area (TPSA) is 63.2 Å². The molecular formula is C38H52F6O6Si. The maximum Gasteiger partial charge on any atom is 0.438 e. The van der Waals surface area contributed by atoms with Gasteiger partial charge in [-0.3, -0.25) is 4.79 Å². The van der Waals surface area contributed by atoms with Gasteiger partial charge in [-0.25, -0.2) is 0 Å². The van der Waals surface area contributed by atoms with E-state index in [0.29, 0.717) is 24.2 Å². The minimum absolute atomic E-state index is 0.00373. The van der Waals surface area contributed by atoms with Gasteiger partial charge >= 0.3 is 23.9 Å². The average Bonchev–Trinajstić information content (AvgIpc) is 3.00. The van der Waals surface area contributed by atoms with Crippen molar-refractivity contribution in [2.75, 3.05) is 27.1 Å². The van der Waals surface area contributed by atoms with Crippen molar-refractivity contribution in [1.29, 1.82) is 0 Å². The fraction of sp³-hybridized carbons (Fsp3) is 0.605. The summed E-state index contributed by atoms with van der Waals surface area (Å²) < 4.78 is 109. The molecule has 51 heavy (non-hydrogen) atoms. The summed E-state index contributed by atoms with van der Waals surface area (Å²) in [5, 5.41) is -0.0839. The number of hydrogen-bond acceptors (Lipinski definition) is 6. The van der Waals surface area contributed by atoms with Gasteiger partial charge in [-0.15, -0.1) is 0 Å². The lowest BCUT2D eigenvalue weighted by Gasteiger charge is -2.39. The molecule has 0 aromatic heterocycles. The Morgan fingerprint density at radius 1 is 0.863 bits per heavy atom. The first-order chi connectivity index (χ1) is 23.4. The van der Waals surface area contributed by atoms with Crippen LogP contribution in [-0.2, 0) is 28.8 Å². The van der Waals surface area contributed by atoms with Crippen molar-refractivity contribution in [2.24, 2.45) is 0 Å². The Hall–Kier alpha value is -3.05. The molecule has 0 aliphatic carbocycles. The minimum Gasteiger partial charge on any atom is -0.491 e. The van der Waals surface area contributed by atoms with Gasteiger partial charge in [-0.1, -0.05) is 64.8 Å². The first-order valence-electron chi connectivity index (χ1n) is 16.9. The fourth-order valence-corrected chi connectivity index (χ4v) is 6.90. The van der Waals surface area contributed by atoms with E-state index in [1.165, 1.54) is 12.0 Å². The van der Waals surface area contributed by atoms with E-state index in [1.807, 2.05) is 39.0 Å². The van der Waals surface area contributed by atoms with Crippen molar-refractivity contribution in [3.05, 3.63) is 64.2 Å². The van der Waals surface area contributed by atoms with E-state index in [9.17, 15) is 31.1 Å². The number of carbonyl (C=O) groups excluding carboxylic acids is 1. The van der Waals surface area contributed by atoms with Crippen LogP contribution in [0.25, 0.3) is 0 Å². The van der Waals surface area contributed by atoms with Gasteiger partial charge in [0.2, 0.25) is 0 Å². The largest absolute Gasteiger partial charge is 0.491 e. The highest BCUT2D eigenvalue weighted by Crippen LogP contribution is 2.46. The molecule has 13 heteroatoms. The van der Waals surface area contributed by atoms with E-state index in [1.54, 1.807) is 26.0 Å². The molecule has 0 aliphatic rings. The number of halogens is 6. The molecule has 0 radical (unpaired) electrons. The van der Waals surface area contributed by atoms with Crippen molar-refractivity contribution < 1.29 is 54.5 Å². The van der Waals surface area contributed by atoms with Gasteiger partial charge in [-0.05, 0) is 92.1 Å². The molecule has 2 aromatic rings. The Morgan fingerprint density at radius 3 is 1.86 bits per heavy atom. The molecular weight excluding hydrogens is 694 g/mol. The van der Waals surface area contributed by atoms with Gasteiger partial charge < -0.3 is 23.4 Å². The number of methoxy groups -OCH3 is 1. The molecule has 0 amide bonds. The van der Waals surface area contributed by atoms with E-state index >= 15 is 0 Å². The summed E-state index contributed by atoms with van der Waals surface area (Å²) in [5.74, 6) is 3.68. The van der Waals surface area contributed by atoms with Crippen molar-refractivity contribution in [2.45, 2.75) is 122 Å². The normalized spacial score (nSPS) is 13.7. The van der Waals surface area contributed by atoms with Crippen molar-refractivity contribution in [3.8, 4) is 17.6 Å². The van der Waals surface area contributed by atoms with E-state index in [0.717, 1.165) is 23.8 Å². The number of carbonyl (C=O) groups is 1. The lowest BCUT2D eigenvalue weighted by molar-refractivity contribution is -0.368. The van der Waals surface area contributed by atoms with Gasteiger partial charge in [0.05, 0.1) is 19.1 Å². The van der Waals surface area contributed by atoms with Crippen LogP contribution in [0.1, 0.15) is 88.6 Å². The molecule has 0 aliphatic heterocycles. The summed E-state index contributed by atoms with van der Waals surface area (Å²) in [4.78, 5) is 12.4. The van der Waals surface area contributed by atoms with Gasteiger partial charge in [0.1, 0.15) is 19.1 Å². The SMILES string of the molecule is CCOC(=O)CC(COc1ccc(C(CC)(CC)c2ccc(C#CC(OCOC)(C(F)(F)F)C(F)(F)F)c(C)c2)cc1C)O[Si](C)(C)C(C)(C)C. The quantitative estimate of drug-likeness (QED) is 0.0595. The van der Waals surface area contributed by atoms with Crippen LogP contribution in [0.4, 0.5) is 26.3 Å². The molecule has 2 aromatic carbocycles. The van der Waals surface area contributed by atoms with Crippen LogP contribution in [0.3, 0.4) is 0 Å². The van der Waals surface area contributed by atoms with Crippen LogP contribution in [0, 0.1) is 25.7 Å². The van der Waals surface area contributed by atoms with Gasteiger partial charge in [-0.2, -0.15) is 26.3 Å². The molecule has 6 nitrogen and oxygen atoms in total. The predicted molar refractivity (Wildman–Crippen MR) is 187 cm³/mol. The Kier molecular flexibility index (Phi) is 14.9. The highest BCUT2D eigenvalue weighted by Gasteiger charge is 2.72. The molecule has 0 heterocycles. The number of hydrogen-bond donors (Lipinski definition) is 0. The third kappa shape index (κ3) is 10.3. The fourth-order valence-electron chi connectivity index (χ4n) is 5.57. The zero-order valence-corrected chi connectivity index (χ0v) is 32.5. The van der Waals surface area contributed by atoms with Crippen LogP contribution in [0.5, 0.6) is 5.75 Å². The maximum atomic E-state index is 13.8. The lowest BCUT2D eigenvalue weighted by Crippen LogP contribution is -2.58. The van der Waals surface area contributed by atoms with Crippen LogP contribution in [0.15, 0.2) is 36.4 Å². The summed E-state index contributed by atoms with van der Waals surface area (Å²) in [6.45, 7) is 19.0. The molecule has 1 unspecified atom stereocenters. The monoisotopic (exact) mass is 746 g/mol. The summed E-state index contributed by atoms with van der Waals surface area (Å²) in [5.41, 5.74) is -2.24. The van der Waals surface area contributed by atoms with E-state index in [2.05, 4.69) is 49.3 Å². The van der Waals surface area contributed by atoms with E-state index in [4.69, 9.17) is 13.9 Å². The second-order valence-electron chi connectivity index (χ2n) is 14.1. The molecule has 2 rings (SSSR count). The zero-order valence-electron chi connectivity index (χ0n) is 31.5. The van der Waals surface area contributed by atoms with E-state index < -0.39 is 44.6 Å². The van der Waals surface area contributed by atoms with Crippen LogP contribution < -0.4 is 4.74 Å². The zero-order chi connectivity index (χ0) is 39.1. The van der Waals surface area contributed by atoms with Crippen molar-refractivity contribution in [3.63, 3.8) is 0 Å². The molecule has 0 fully saturated rings. The predicted octanol–water partition coefficient (Wildman–Crippen LogP) is 9.97. The molecule has 286 valence electrons. The summed E-state index contributed by atoms with van der Waals surface area (Å²) >= 11 is 0. The molecule has 1 atom stereocenters. The minimum atomic E-state index is -5.88. The third-order valence-electron chi connectivity index (χ3n) is 9.67. The Balaban J connectivity index is 2.48. The first kappa shape index (κ1) is 44.1. The van der Waals surface area contributed by atoms with Crippen molar-refractivity contribution >= 4 is 14.3 Å². The number of aryl methyl sites for hydroxylation is 2. The molecule has 0 bridgehead atoms. The lowest BCUT2D eigenvalue weighted by atomic mass is 9.70. The highest BCUT2D eigenvalue weighted by molar-refractivity contribution is 6.74. The standard InChI is InChI=1S/C38H52F6O6Si/c1-12-35(13-2,29-16-15-28(26(4)21-29)19-20-36(37(39,40)41,38(42,43)44)49-25-46-9)30-17-18-32(27(5)22-30)48-24-31(23-33(45)47-14-3)50-51(10,11)34(6,7)8/h15-18,21-22,31H,12-14,23-25H2,1-11H3. The van der Waals surface area contributed by atoms with Gasteiger partial charge in [0.15, 0.2) is 8.32 Å². The average molecular weight is 747 g/mol. The summed E-state index contributed by atoms with van der Waals surface area (Å²) in [7, 11) is -1.33. The van der Waals surface area contributed by atoms with Gasteiger partial charge in [0.25, 0.3) is 0 Å². The summed E-state index contributed by atoms with van der Waals surface area (Å²) in [6, 6.07) is 10.7. The van der Waals surface area contributed by atoms with Gasteiger partial charge in [0, 0.05) is 18.1 Å². The van der Waals surface area contributed by atoms with E-state index in [-0.39, 0.29) is 36.2 Å². The second-order valence-corrected chi connectivity index (χ2v) is 18.9. The molecule has 0 N–H and O–H groups in total. The highest BCUT2D eigenvalue weighted by atomic mass is 28.4. The number of rotatable bonds is 15. The Bertz CT molecular complexity index is 1520. The van der Waals surface area contributed by atoms with Crippen LogP contribution in [0.2, 0.25) is 18.1 Å². The maximum absolute atomic E-state index is 13.8. The van der Waals surface area contributed by atoms with Crippen LogP contribution >= 0.6 is 0 Å². The Morgan fingerprint density at radius 2 is 1.41 bits per heavy atom. The molecule has 0 saturated heterocycles. The summed E-state index contributed by atoms with van der Waals surface area (Å²) in [6.07, 6.45) is -10.9. The van der Waals surface area contributed by atoms with Crippen LogP contribution in [-0.4, -0.2) is 65.5 Å². The third-order valence-corrected chi connectivity index (χ3v) is 14.2. The number of benzene rings is 2. The second kappa shape index (κ2) is 17.2. The number of ether oxygens (including phenoxy) is 4. The number of alkyl halides is 6.